The molecule has 1 aromatic rings. The molecule has 0 heterocycles. The zero-order valence-corrected chi connectivity index (χ0v) is 10.7. The van der Waals surface area contributed by atoms with E-state index >= 15 is 0 Å². The van der Waals surface area contributed by atoms with Crippen molar-refractivity contribution in [3.8, 4) is 0 Å². The summed E-state index contributed by atoms with van der Waals surface area (Å²) in [5.74, 6) is 0. The van der Waals surface area contributed by atoms with Crippen molar-refractivity contribution in [1.82, 2.24) is 0 Å². The molecule has 3 N–H and O–H groups in total. The normalized spacial score (nSPS) is 15.5. The summed E-state index contributed by atoms with van der Waals surface area (Å²) in [6.45, 7) is 0. The average molecular weight is 311 g/mol. The van der Waals surface area contributed by atoms with Crippen LogP contribution in [0.4, 0.5) is 5.69 Å². The minimum absolute atomic E-state index is 0.360. The highest BCUT2D eigenvalue weighted by Gasteiger charge is 2.19. The second-order valence-electron chi connectivity index (χ2n) is 2.71. The molecule has 1 aromatic carbocycles. The van der Waals surface area contributed by atoms with Crippen molar-refractivity contribution in [2.75, 3.05) is 0 Å². The van der Waals surface area contributed by atoms with Gasteiger partial charge in [-0.25, -0.2) is 12.6 Å². The van der Waals surface area contributed by atoms with Crippen molar-refractivity contribution in [3.05, 3.63) is 22.6 Å². The molecule has 3 atom stereocenters. The van der Waals surface area contributed by atoms with Crippen LogP contribution in [0.25, 0.3) is 10.4 Å². The lowest BCUT2D eigenvalue weighted by molar-refractivity contribution is 0.559. The van der Waals surface area contributed by atoms with Gasteiger partial charge in [0, 0.05) is 4.91 Å². The molecule has 0 saturated heterocycles. The first kappa shape index (κ1) is 14.9. The number of benzene rings is 1. The fourth-order valence-electron chi connectivity index (χ4n) is 1.07. The molecule has 18 heavy (non-hydrogen) atoms. The highest BCUT2D eigenvalue weighted by molar-refractivity contribution is 7.81. The Hall–Kier alpha value is -1.14. The van der Waals surface area contributed by atoms with E-state index in [1.165, 1.54) is 0 Å². The Morgan fingerprint density at radius 2 is 1.44 bits per heavy atom. The molecule has 0 amide bonds. The topological polar surface area (TPSA) is 161 Å². The lowest BCUT2D eigenvalue weighted by Gasteiger charge is -2.07. The lowest BCUT2D eigenvalue weighted by Crippen LogP contribution is -2.00. The molecule has 0 bridgehead atoms. The molecule has 3 unspecified atom stereocenters. The van der Waals surface area contributed by atoms with E-state index in [9.17, 15) is 12.6 Å². The van der Waals surface area contributed by atoms with Crippen LogP contribution in [0.1, 0.15) is 0 Å². The largest absolute Gasteiger partial charge is 0.302 e. The summed E-state index contributed by atoms with van der Waals surface area (Å²) in [4.78, 5) is 0.956. The zero-order valence-electron chi connectivity index (χ0n) is 8.29. The van der Waals surface area contributed by atoms with Crippen LogP contribution in [0.3, 0.4) is 0 Å². The number of azide groups is 1. The van der Waals surface area contributed by atoms with E-state index < -0.39 is 48.7 Å². The van der Waals surface area contributed by atoms with Crippen molar-refractivity contribution in [1.29, 1.82) is 0 Å². The zero-order chi connectivity index (χ0) is 13.9. The summed E-state index contributed by atoms with van der Waals surface area (Å²) in [6.07, 6.45) is 0. The Morgan fingerprint density at radius 1 is 1.00 bits per heavy atom. The molecular weight excluding hydrogens is 306 g/mol. The number of nitrogens with zero attached hydrogens (tertiary/aromatic N) is 3. The van der Waals surface area contributed by atoms with Gasteiger partial charge >= 0.3 is 0 Å². The second kappa shape index (κ2) is 6.15. The van der Waals surface area contributed by atoms with Gasteiger partial charge in [0.25, 0.3) is 0 Å². The van der Waals surface area contributed by atoms with E-state index in [0.29, 0.717) is 0 Å². The first-order chi connectivity index (χ1) is 8.38. The molecule has 0 fully saturated rings. The van der Waals surface area contributed by atoms with Crippen molar-refractivity contribution >= 4 is 38.9 Å². The molecule has 0 aliphatic carbocycles. The van der Waals surface area contributed by atoms with Crippen LogP contribution in [0.2, 0.25) is 0 Å². The van der Waals surface area contributed by atoms with Gasteiger partial charge < -0.3 is 13.7 Å². The Morgan fingerprint density at radius 3 is 1.72 bits per heavy atom. The van der Waals surface area contributed by atoms with Gasteiger partial charge in [-0.1, -0.05) is 5.11 Å². The third-order valence-corrected chi connectivity index (χ3v) is 3.75. The molecule has 0 radical (unpaired) electrons. The molecule has 9 nitrogen and oxygen atoms in total. The molecule has 12 heteroatoms. The lowest BCUT2D eigenvalue weighted by atomic mass is 10.3. The molecule has 0 spiro atoms. The van der Waals surface area contributed by atoms with Crippen LogP contribution in [0.15, 0.2) is 31.9 Å². The van der Waals surface area contributed by atoms with Crippen LogP contribution in [-0.2, 0) is 33.2 Å². The predicted octanol–water partition coefficient (Wildman–Crippen LogP) is 1.37. The van der Waals surface area contributed by atoms with Crippen LogP contribution in [0, 0.1) is 0 Å². The van der Waals surface area contributed by atoms with E-state index in [1.807, 2.05) is 0 Å². The monoisotopic (exact) mass is 311 g/mol. The SMILES string of the molecule is [N-]=[N+]=Nc1c(S(=O)O)cc(S(=O)O)cc1S(=O)O. The van der Waals surface area contributed by atoms with Gasteiger partial charge in [0.1, 0.15) is 0 Å². The van der Waals surface area contributed by atoms with Crippen molar-refractivity contribution < 1.29 is 26.3 Å². The van der Waals surface area contributed by atoms with Crippen molar-refractivity contribution in [3.63, 3.8) is 0 Å². The van der Waals surface area contributed by atoms with Crippen LogP contribution in [0.5, 0.6) is 0 Å². The quantitative estimate of drug-likeness (QED) is 0.329. The summed E-state index contributed by atoms with van der Waals surface area (Å²) >= 11 is -7.82. The van der Waals surface area contributed by atoms with E-state index in [2.05, 4.69) is 10.0 Å². The summed E-state index contributed by atoms with van der Waals surface area (Å²) in [6, 6.07) is 1.68. The molecule has 0 aromatic heterocycles. The summed E-state index contributed by atoms with van der Waals surface area (Å²) in [7, 11) is 0. The summed E-state index contributed by atoms with van der Waals surface area (Å²) < 4.78 is 59.7. The minimum Gasteiger partial charge on any atom is -0.302 e. The maximum Gasteiger partial charge on any atom is 0.187 e. The molecule has 98 valence electrons. The molecule has 0 aliphatic heterocycles. The van der Waals surface area contributed by atoms with Crippen molar-refractivity contribution in [2.24, 2.45) is 5.11 Å². The highest BCUT2D eigenvalue weighted by atomic mass is 32.2. The Labute approximate surface area is 108 Å². The van der Waals surface area contributed by atoms with Crippen LogP contribution >= 0.6 is 0 Å². The molecule has 1 rings (SSSR count). The smallest absolute Gasteiger partial charge is 0.187 e. The fraction of sp³-hybridized carbons (Fsp3) is 0. The first-order valence-electron chi connectivity index (χ1n) is 3.94. The van der Waals surface area contributed by atoms with E-state index in [-0.39, 0.29) is 4.90 Å². The second-order valence-corrected chi connectivity index (χ2v) is 5.55. The predicted molar refractivity (Wildman–Crippen MR) is 62.4 cm³/mol. The summed E-state index contributed by atoms with van der Waals surface area (Å²) in [5, 5.41) is 3.04. The standard InChI is InChI=1S/C6H5N3O6S3/c7-9-8-6-4(17(12)13)1-3(16(10)11)2-5(6)18(14)15/h1-2H,(H,10,11)(H,12,13)(H,14,15). The average Bonchev–Trinajstić information content (AvgIpc) is 2.28. The van der Waals surface area contributed by atoms with Gasteiger partial charge in [-0.3, -0.25) is 0 Å². The molecule has 0 aliphatic rings. The maximum atomic E-state index is 11.0. The molecular formula is C6H5N3O6S3. The Bertz CT molecular complexity index is 576. The fourth-order valence-corrected chi connectivity index (χ4v) is 2.81. The molecule has 0 saturated carbocycles. The highest BCUT2D eigenvalue weighted by Crippen LogP contribution is 2.32. The van der Waals surface area contributed by atoms with Gasteiger partial charge in [0.05, 0.1) is 20.4 Å². The maximum absolute atomic E-state index is 11.0. The van der Waals surface area contributed by atoms with Crippen LogP contribution in [-0.4, -0.2) is 26.3 Å². The van der Waals surface area contributed by atoms with Gasteiger partial charge in [0.2, 0.25) is 0 Å². The van der Waals surface area contributed by atoms with Gasteiger partial charge in [-0.15, -0.1) is 0 Å². The minimum atomic E-state index is -2.65. The van der Waals surface area contributed by atoms with Gasteiger partial charge in [0.15, 0.2) is 33.2 Å². The van der Waals surface area contributed by atoms with E-state index in [4.69, 9.17) is 19.2 Å². The Balaban J connectivity index is 3.76. The van der Waals surface area contributed by atoms with Gasteiger partial charge in [-0.05, 0) is 17.7 Å². The van der Waals surface area contributed by atoms with Crippen molar-refractivity contribution in [2.45, 2.75) is 14.7 Å². The Kier molecular flexibility index (Phi) is 5.10. The third-order valence-electron chi connectivity index (χ3n) is 1.74. The number of hydrogen-bond donors (Lipinski definition) is 3. The van der Waals surface area contributed by atoms with Gasteiger partial charge in [-0.2, -0.15) is 0 Å². The van der Waals surface area contributed by atoms with E-state index in [1.54, 1.807) is 0 Å². The summed E-state index contributed by atoms with van der Waals surface area (Å²) in [5.41, 5.74) is 7.78. The number of hydrogen-bond acceptors (Lipinski definition) is 4. The number of rotatable bonds is 4. The van der Waals surface area contributed by atoms with Crippen LogP contribution < -0.4 is 0 Å². The third kappa shape index (κ3) is 3.20. The first-order valence-corrected chi connectivity index (χ1v) is 7.26. The van der Waals surface area contributed by atoms with E-state index in [0.717, 1.165) is 12.1 Å².